The molecule has 4 heterocycles. The first-order valence-electron chi connectivity index (χ1n) is 13.3. The lowest BCUT2D eigenvalue weighted by Gasteiger charge is -2.45. The Bertz CT molecular complexity index is 977. The highest BCUT2D eigenvalue weighted by Gasteiger charge is 2.76. The molecule has 36 heavy (non-hydrogen) atoms. The SMILES string of the molecule is CC[C@@H](CO)N1C(=O)[C@@H]2[C@@H]3C(=O)OCC=C[C@]3(CC)O[C@@]23C=CCN(C(C)(C)CC(C)(C)C)C(=O)C13. The summed E-state index contributed by atoms with van der Waals surface area (Å²) in [4.78, 5) is 45.4. The monoisotopic (exact) mass is 502 g/mol. The average molecular weight is 503 g/mol. The van der Waals surface area contributed by atoms with Crippen molar-refractivity contribution >= 4 is 17.8 Å². The number of hydrogen-bond donors (Lipinski definition) is 1. The maximum absolute atomic E-state index is 14.5. The van der Waals surface area contributed by atoms with E-state index in [1.807, 2.05) is 37.0 Å². The molecule has 8 nitrogen and oxygen atoms in total. The molecular formula is C28H42N2O6. The lowest BCUT2D eigenvalue weighted by Crippen LogP contribution is -2.62. The van der Waals surface area contributed by atoms with E-state index in [1.165, 1.54) is 4.90 Å². The topological polar surface area (TPSA) is 96.4 Å². The number of fused-ring (bicyclic) bond motifs is 2. The summed E-state index contributed by atoms with van der Waals surface area (Å²) < 4.78 is 12.3. The number of likely N-dealkylation sites (tertiary alicyclic amines) is 1. The van der Waals surface area contributed by atoms with Gasteiger partial charge in [0.15, 0.2) is 0 Å². The summed E-state index contributed by atoms with van der Waals surface area (Å²) in [6, 6.07) is -1.55. The number of ether oxygens (including phenoxy) is 2. The number of amides is 2. The van der Waals surface area contributed by atoms with E-state index in [-0.39, 0.29) is 30.4 Å². The van der Waals surface area contributed by atoms with Crippen molar-refractivity contribution in [2.45, 2.75) is 96.6 Å². The van der Waals surface area contributed by atoms with Gasteiger partial charge in [-0.15, -0.1) is 0 Å². The van der Waals surface area contributed by atoms with Crippen molar-refractivity contribution in [2.24, 2.45) is 17.3 Å². The quantitative estimate of drug-likeness (QED) is 0.443. The Hall–Kier alpha value is -2.19. The molecule has 0 radical (unpaired) electrons. The number of carbonyl (C=O) groups excluding carboxylic acids is 3. The minimum Gasteiger partial charge on any atom is -0.461 e. The van der Waals surface area contributed by atoms with Gasteiger partial charge in [0, 0.05) is 12.1 Å². The molecule has 1 spiro atoms. The van der Waals surface area contributed by atoms with Crippen molar-refractivity contribution in [3.63, 3.8) is 0 Å². The molecule has 8 heteroatoms. The van der Waals surface area contributed by atoms with Gasteiger partial charge < -0.3 is 24.4 Å². The van der Waals surface area contributed by atoms with Crippen molar-refractivity contribution in [3.05, 3.63) is 24.3 Å². The third kappa shape index (κ3) is 3.92. The van der Waals surface area contributed by atoms with Crippen molar-refractivity contribution in [1.29, 1.82) is 0 Å². The number of rotatable bonds is 6. The molecule has 0 aromatic rings. The molecule has 0 bridgehead atoms. The van der Waals surface area contributed by atoms with Crippen LogP contribution in [0.1, 0.15) is 67.7 Å². The van der Waals surface area contributed by atoms with Crippen LogP contribution < -0.4 is 0 Å². The minimum atomic E-state index is -1.33. The predicted molar refractivity (Wildman–Crippen MR) is 135 cm³/mol. The summed E-state index contributed by atoms with van der Waals surface area (Å²) in [6.45, 7) is 14.6. The fraction of sp³-hybridized carbons (Fsp3) is 0.750. The number of aliphatic hydroxyl groups is 1. The van der Waals surface area contributed by atoms with Crippen LogP contribution in [0.3, 0.4) is 0 Å². The van der Waals surface area contributed by atoms with Gasteiger partial charge in [0.25, 0.3) is 0 Å². The van der Waals surface area contributed by atoms with Crippen LogP contribution in [0.4, 0.5) is 0 Å². The van der Waals surface area contributed by atoms with Gasteiger partial charge in [0.2, 0.25) is 11.8 Å². The Labute approximate surface area is 214 Å². The van der Waals surface area contributed by atoms with Crippen LogP contribution in [0, 0.1) is 17.3 Å². The summed E-state index contributed by atoms with van der Waals surface area (Å²) in [6.07, 6.45) is 9.05. The van der Waals surface area contributed by atoms with E-state index in [2.05, 4.69) is 34.6 Å². The summed E-state index contributed by atoms with van der Waals surface area (Å²) >= 11 is 0. The fourth-order valence-electron chi connectivity index (χ4n) is 7.28. The highest BCUT2D eigenvalue weighted by atomic mass is 16.6. The zero-order valence-electron chi connectivity index (χ0n) is 22.7. The Kier molecular flexibility index (Phi) is 6.70. The zero-order valence-corrected chi connectivity index (χ0v) is 22.7. The Morgan fingerprint density at radius 2 is 1.75 bits per heavy atom. The molecule has 2 fully saturated rings. The molecule has 4 aliphatic rings. The number of carbonyl (C=O) groups is 3. The van der Waals surface area contributed by atoms with Gasteiger partial charge in [-0.3, -0.25) is 14.4 Å². The lowest BCUT2D eigenvalue weighted by molar-refractivity contribution is -0.163. The molecule has 0 aromatic heterocycles. The van der Waals surface area contributed by atoms with E-state index in [0.717, 1.165) is 6.42 Å². The maximum atomic E-state index is 14.5. The molecule has 200 valence electrons. The summed E-state index contributed by atoms with van der Waals surface area (Å²) in [5.74, 6) is -2.81. The second-order valence-electron chi connectivity index (χ2n) is 12.5. The molecule has 0 saturated carbocycles. The van der Waals surface area contributed by atoms with Crippen LogP contribution in [-0.2, 0) is 23.9 Å². The molecule has 1 N–H and O–H groups in total. The van der Waals surface area contributed by atoms with Gasteiger partial charge in [-0.05, 0) is 44.6 Å². The van der Waals surface area contributed by atoms with Crippen molar-refractivity contribution in [2.75, 3.05) is 19.8 Å². The maximum Gasteiger partial charge on any atom is 0.313 e. The van der Waals surface area contributed by atoms with Crippen molar-refractivity contribution in [1.82, 2.24) is 9.80 Å². The van der Waals surface area contributed by atoms with E-state index in [9.17, 15) is 19.5 Å². The van der Waals surface area contributed by atoms with E-state index >= 15 is 0 Å². The van der Waals surface area contributed by atoms with Gasteiger partial charge in [-0.2, -0.15) is 0 Å². The van der Waals surface area contributed by atoms with Crippen LogP contribution in [0.2, 0.25) is 0 Å². The number of esters is 1. The summed E-state index contributed by atoms with van der Waals surface area (Å²) in [7, 11) is 0. The van der Waals surface area contributed by atoms with E-state index in [0.29, 0.717) is 19.4 Å². The first kappa shape index (κ1) is 26.9. The highest BCUT2D eigenvalue weighted by molar-refractivity contribution is 5.99. The van der Waals surface area contributed by atoms with Gasteiger partial charge >= 0.3 is 5.97 Å². The first-order valence-corrected chi connectivity index (χ1v) is 13.3. The third-order valence-corrected chi connectivity index (χ3v) is 8.40. The molecule has 4 aliphatic heterocycles. The van der Waals surface area contributed by atoms with Crippen LogP contribution in [0.5, 0.6) is 0 Å². The van der Waals surface area contributed by atoms with Crippen molar-refractivity contribution < 1.29 is 29.0 Å². The molecular weight excluding hydrogens is 460 g/mol. The molecule has 2 amide bonds. The van der Waals surface area contributed by atoms with Gasteiger partial charge in [-0.25, -0.2) is 0 Å². The smallest absolute Gasteiger partial charge is 0.313 e. The first-order chi connectivity index (χ1) is 16.8. The van der Waals surface area contributed by atoms with Crippen LogP contribution in [-0.4, -0.2) is 81.3 Å². The average Bonchev–Trinajstić information content (AvgIpc) is 3.05. The van der Waals surface area contributed by atoms with Gasteiger partial charge in [0.1, 0.15) is 29.8 Å². The van der Waals surface area contributed by atoms with Crippen LogP contribution in [0.15, 0.2) is 24.3 Å². The summed E-state index contributed by atoms with van der Waals surface area (Å²) in [5.41, 5.74) is -2.90. The van der Waals surface area contributed by atoms with Crippen LogP contribution >= 0.6 is 0 Å². The van der Waals surface area contributed by atoms with E-state index in [1.54, 1.807) is 6.08 Å². The van der Waals surface area contributed by atoms with Gasteiger partial charge in [0.05, 0.1) is 18.6 Å². The van der Waals surface area contributed by atoms with E-state index in [4.69, 9.17) is 9.47 Å². The number of aliphatic hydroxyl groups excluding tert-OH is 1. The zero-order chi connectivity index (χ0) is 26.7. The Morgan fingerprint density at radius 1 is 1.06 bits per heavy atom. The van der Waals surface area contributed by atoms with E-state index < -0.39 is 46.6 Å². The minimum absolute atomic E-state index is 0.0276. The number of cyclic esters (lactones) is 1. The Balaban J connectivity index is 1.90. The molecule has 1 unspecified atom stereocenters. The van der Waals surface area contributed by atoms with Crippen molar-refractivity contribution in [3.8, 4) is 0 Å². The molecule has 0 aliphatic carbocycles. The number of nitrogens with zero attached hydrogens (tertiary/aromatic N) is 2. The second kappa shape index (κ2) is 8.98. The largest absolute Gasteiger partial charge is 0.461 e. The molecule has 6 atom stereocenters. The summed E-state index contributed by atoms with van der Waals surface area (Å²) in [5, 5.41) is 10.2. The second-order valence-corrected chi connectivity index (χ2v) is 12.5. The standard InChI is InChI=1S/C28H42N2O6/c1-8-18(16-31)30-21-23(33)29(26(6,7)17-25(3,4)5)14-10-13-28(21)19(22(30)32)20-24(34)35-15-11-12-27(20,9-2)36-28/h10-13,18-21,31H,8-9,14-17H2,1-7H3/t18-,19-,20+,21?,27-,28-/m0/s1. The molecule has 4 rings (SSSR count). The Morgan fingerprint density at radius 3 is 2.33 bits per heavy atom. The lowest BCUT2D eigenvalue weighted by atomic mass is 9.73. The predicted octanol–water partition coefficient (Wildman–Crippen LogP) is 2.84. The van der Waals surface area contributed by atoms with Gasteiger partial charge in [-0.1, -0.05) is 52.8 Å². The molecule has 0 aromatic carbocycles. The third-order valence-electron chi connectivity index (χ3n) is 8.40. The normalized spacial score (nSPS) is 35.2. The highest BCUT2D eigenvalue weighted by Crippen LogP contribution is 2.59. The van der Waals surface area contributed by atoms with Crippen LogP contribution in [0.25, 0.3) is 0 Å². The molecule has 2 saturated heterocycles. The number of hydrogen-bond acceptors (Lipinski definition) is 6. The fourth-order valence-corrected chi connectivity index (χ4v) is 7.28.